The summed E-state index contributed by atoms with van der Waals surface area (Å²) in [6.45, 7) is 15.0. The lowest BCUT2D eigenvalue weighted by atomic mass is 9.78. The zero-order valence-corrected chi connectivity index (χ0v) is 34.1. The van der Waals surface area contributed by atoms with Gasteiger partial charge in [-0.1, -0.05) is 81.5 Å². The van der Waals surface area contributed by atoms with Crippen LogP contribution in [0.25, 0.3) is 10.2 Å². The first kappa shape index (κ1) is 43.8. The van der Waals surface area contributed by atoms with Crippen molar-refractivity contribution in [3.63, 3.8) is 0 Å². The van der Waals surface area contributed by atoms with Crippen LogP contribution in [0.5, 0.6) is 0 Å². The molecule has 1 spiro atoms. The SMILES string of the molecule is C=CCOC(=O)/C=C(C)/C=C/[C@@H]1O[C@@]2(CC[C@H](C)[C@H](C/C=C(\C)CS(=O)(=O)c3nc4ccccc4s3)O2)CC[C@@]1(CCCC)OC(=O)CCC(=O)OCC=C. The average Bonchev–Trinajstić information content (AvgIpc) is 3.61. The Balaban J connectivity index is 1.55. The Morgan fingerprint density at radius 3 is 2.47 bits per heavy atom. The van der Waals surface area contributed by atoms with Gasteiger partial charge in [-0.25, -0.2) is 18.2 Å². The van der Waals surface area contributed by atoms with Crippen molar-refractivity contribution >= 4 is 49.3 Å². The van der Waals surface area contributed by atoms with Crippen molar-refractivity contribution in [3.8, 4) is 0 Å². The fourth-order valence-corrected chi connectivity index (χ4v) is 9.51. The monoisotopic (exact) mass is 797 g/mol. The minimum atomic E-state index is -3.63. The number of ether oxygens (including phenoxy) is 5. The first-order chi connectivity index (χ1) is 26.2. The first-order valence-corrected chi connectivity index (χ1v) is 21.4. The third kappa shape index (κ3) is 12.5. The number of fused-ring (bicyclic) bond motifs is 1. The van der Waals surface area contributed by atoms with Crippen molar-refractivity contribution in [2.75, 3.05) is 19.0 Å². The molecule has 2 aromatic rings. The fourth-order valence-electron chi connectivity index (χ4n) is 6.78. The Morgan fingerprint density at radius 1 is 1.02 bits per heavy atom. The number of benzene rings is 1. The van der Waals surface area contributed by atoms with Gasteiger partial charge in [-0.15, -0.1) is 11.3 Å². The largest absolute Gasteiger partial charge is 0.461 e. The molecule has 0 aliphatic carbocycles. The van der Waals surface area contributed by atoms with Gasteiger partial charge in [0.1, 0.15) is 24.9 Å². The maximum atomic E-state index is 13.3. The van der Waals surface area contributed by atoms with Crippen molar-refractivity contribution < 1.29 is 46.5 Å². The summed E-state index contributed by atoms with van der Waals surface area (Å²) in [6, 6.07) is 7.37. The molecule has 0 radical (unpaired) electrons. The van der Waals surface area contributed by atoms with Crippen LogP contribution in [0.1, 0.15) is 91.9 Å². The van der Waals surface area contributed by atoms with E-state index in [0.29, 0.717) is 48.8 Å². The Kier molecular flexibility index (Phi) is 16.2. The van der Waals surface area contributed by atoms with E-state index < -0.39 is 45.2 Å². The summed E-state index contributed by atoms with van der Waals surface area (Å²) in [5, 5.41) is 0. The van der Waals surface area contributed by atoms with Gasteiger partial charge in [0.25, 0.3) is 0 Å². The second-order valence-corrected chi connectivity index (χ2v) is 17.6. The molecular formula is C42H55NO10S2. The van der Waals surface area contributed by atoms with E-state index in [0.717, 1.165) is 24.0 Å². The summed E-state index contributed by atoms with van der Waals surface area (Å²) in [7, 11) is -3.63. The number of para-hydroxylation sites is 1. The fraction of sp³-hybridized carbons (Fsp3) is 0.524. The van der Waals surface area contributed by atoms with E-state index in [1.54, 1.807) is 19.1 Å². The molecule has 1 aromatic carbocycles. The Hall–Kier alpha value is -3.91. The molecule has 2 saturated heterocycles. The number of esters is 3. The number of carbonyl (C=O) groups excluding carboxylic acids is 3. The van der Waals surface area contributed by atoms with Crippen LogP contribution in [0.2, 0.25) is 0 Å². The molecule has 1 aromatic heterocycles. The minimum Gasteiger partial charge on any atom is -0.461 e. The van der Waals surface area contributed by atoms with Gasteiger partial charge in [0.2, 0.25) is 14.2 Å². The van der Waals surface area contributed by atoms with Crippen molar-refractivity contribution in [1.82, 2.24) is 4.98 Å². The third-order valence-electron chi connectivity index (χ3n) is 9.82. The van der Waals surface area contributed by atoms with E-state index in [4.69, 9.17) is 23.7 Å². The van der Waals surface area contributed by atoms with Crippen LogP contribution in [0.4, 0.5) is 0 Å². The molecule has 2 aliphatic rings. The predicted molar refractivity (Wildman–Crippen MR) is 213 cm³/mol. The predicted octanol–water partition coefficient (Wildman–Crippen LogP) is 8.31. The van der Waals surface area contributed by atoms with E-state index in [-0.39, 0.29) is 48.2 Å². The molecule has 0 N–H and O–H groups in total. The van der Waals surface area contributed by atoms with Gasteiger partial charge in [-0.3, -0.25) is 9.59 Å². The van der Waals surface area contributed by atoms with Crippen LogP contribution in [0.15, 0.2) is 89.4 Å². The van der Waals surface area contributed by atoms with Crippen LogP contribution in [-0.2, 0) is 47.9 Å². The molecule has 0 bridgehead atoms. The number of allylic oxidation sites excluding steroid dienone is 2. The molecule has 0 unspecified atom stereocenters. The Bertz CT molecular complexity index is 1850. The van der Waals surface area contributed by atoms with Crippen LogP contribution in [-0.4, -0.2) is 73.9 Å². The van der Waals surface area contributed by atoms with Crippen molar-refractivity contribution in [2.24, 2.45) is 5.92 Å². The summed E-state index contributed by atoms with van der Waals surface area (Å²) in [5.41, 5.74) is 0.914. The van der Waals surface area contributed by atoms with E-state index in [9.17, 15) is 22.8 Å². The van der Waals surface area contributed by atoms with Gasteiger partial charge < -0.3 is 23.7 Å². The summed E-state index contributed by atoms with van der Waals surface area (Å²) < 4.78 is 57.7. The van der Waals surface area contributed by atoms with E-state index in [1.807, 2.05) is 37.3 Å². The van der Waals surface area contributed by atoms with Gasteiger partial charge in [0.05, 0.1) is 34.9 Å². The molecule has 55 heavy (non-hydrogen) atoms. The Labute approximate surface area is 329 Å². The maximum absolute atomic E-state index is 13.3. The first-order valence-electron chi connectivity index (χ1n) is 19.0. The van der Waals surface area contributed by atoms with Crippen molar-refractivity contribution in [1.29, 1.82) is 0 Å². The highest BCUT2D eigenvalue weighted by Crippen LogP contribution is 2.48. The number of hydrogen-bond donors (Lipinski definition) is 0. The van der Waals surface area contributed by atoms with Crippen LogP contribution < -0.4 is 0 Å². The lowest BCUT2D eigenvalue weighted by Gasteiger charge is -2.53. The summed E-state index contributed by atoms with van der Waals surface area (Å²) in [4.78, 5) is 42.1. The van der Waals surface area contributed by atoms with Crippen LogP contribution in [0, 0.1) is 5.92 Å². The zero-order valence-electron chi connectivity index (χ0n) is 32.5. The normalized spacial score (nSPS) is 24.8. The maximum Gasteiger partial charge on any atom is 0.331 e. The summed E-state index contributed by atoms with van der Waals surface area (Å²) in [5.74, 6) is -2.54. The highest BCUT2D eigenvalue weighted by molar-refractivity contribution is 7.93. The molecule has 0 saturated carbocycles. The lowest BCUT2D eigenvalue weighted by molar-refractivity contribution is -0.344. The smallest absolute Gasteiger partial charge is 0.331 e. The number of thiazole rings is 1. The highest BCUT2D eigenvalue weighted by atomic mass is 32.2. The second-order valence-electron chi connectivity index (χ2n) is 14.4. The number of aromatic nitrogens is 1. The second kappa shape index (κ2) is 20.3. The molecule has 0 amide bonds. The molecule has 3 heterocycles. The standard InChI is InChI=1S/C42H55NO10S2/c1-7-10-22-41(53-38(45)20-19-37(44)49-26-8-2)24-25-42(52-36(41)18-16-30(4)28-39(46)50-27-9-3)23-21-32(6)34(51-42)17-15-31(5)29-55(47,48)40-43-33-13-11-12-14-35(33)54-40/h8-9,11-16,18,28,32,34,36H,2-3,7,10,17,19-27,29H2,1,4-6H3/b18-16+,30-28+,31-15+/t32-,34-,36-,41+,42-/m0/s1. The zero-order chi connectivity index (χ0) is 40.1. The molecule has 2 fully saturated rings. The summed E-state index contributed by atoms with van der Waals surface area (Å²) in [6.07, 6.45) is 13.4. The molecule has 11 nitrogen and oxygen atoms in total. The number of unbranched alkanes of at least 4 members (excludes halogenated alkanes) is 1. The number of nitrogens with zero attached hydrogens (tertiary/aromatic N) is 1. The topological polar surface area (TPSA) is 144 Å². The molecular weight excluding hydrogens is 743 g/mol. The molecule has 300 valence electrons. The van der Waals surface area contributed by atoms with Crippen molar-refractivity contribution in [3.05, 3.63) is 85.0 Å². The number of carbonyl (C=O) groups is 3. The highest BCUT2D eigenvalue weighted by Gasteiger charge is 2.54. The van der Waals surface area contributed by atoms with Gasteiger partial charge in [0.15, 0.2) is 5.79 Å². The van der Waals surface area contributed by atoms with Gasteiger partial charge in [-0.05, 0) is 69.6 Å². The third-order valence-corrected chi connectivity index (χ3v) is 13.1. The van der Waals surface area contributed by atoms with Gasteiger partial charge >= 0.3 is 17.9 Å². The Morgan fingerprint density at radius 2 is 1.75 bits per heavy atom. The number of sulfone groups is 1. The van der Waals surface area contributed by atoms with Crippen molar-refractivity contribution in [2.45, 2.75) is 120 Å². The van der Waals surface area contributed by atoms with Crippen LogP contribution in [0.3, 0.4) is 0 Å². The van der Waals surface area contributed by atoms with E-state index in [2.05, 4.69) is 32.0 Å². The van der Waals surface area contributed by atoms with Gasteiger partial charge in [0, 0.05) is 18.9 Å². The minimum absolute atomic E-state index is 0.0589. The lowest BCUT2D eigenvalue weighted by Crippen LogP contribution is -2.59. The number of rotatable bonds is 19. The van der Waals surface area contributed by atoms with E-state index in [1.165, 1.54) is 29.6 Å². The average molecular weight is 798 g/mol. The molecule has 2 aliphatic heterocycles. The summed E-state index contributed by atoms with van der Waals surface area (Å²) >= 11 is 1.18. The van der Waals surface area contributed by atoms with E-state index >= 15 is 0 Å². The quantitative estimate of drug-likeness (QED) is 0.0445. The van der Waals surface area contributed by atoms with Crippen LogP contribution >= 0.6 is 11.3 Å². The number of hydrogen-bond acceptors (Lipinski definition) is 12. The molecule has 13 heteroatoms. The molecule has 5 atom stereocenters. The molecule has 4 rings (SSSR count). The van der Waals surface area contributed by atoms with Gasteiger partial charge in [-0.2, -0.15) is 0 Å².